The van der Waals surface area contributed by atoms with E-state index in [-0.39, 0.29) is 0 Å². The fraction of sp³-hybridized carbons (Fsp3) is 0.533. The number of imidazole rings is 1. The molecule has 0 aliphatic rings. The zero-order valence-corrected chi connectivity index (χ0v) is 13.0. The van der Waals surface area contributed by atoms with Crippen LogP contribution < -0.4 is 5.32 Å². The zero-order chi connectivity index (χ0) is 13.8. The van der Waals surface area contributed by atoms with Gasteiger partial charge in [0.25, 0.3) is 0 Å². The second-order valence-corrected chi connectivity index (χ2v) is 6.54. The van der Waals surface area contributed by atoms with Gasteiger partial charge in [0.2, 0.25) is 0 Å². The average Bonchev–Trinajstić information content (AvgIpc) is 2.71. The van der Waals surface area contributed by atoms with Crippen molar-refractivity contribution in [1.82, 2.24) is 14.7 Å². The number of nitrogens with one attached hydrogen (secondary N) is 1. The molecule has 2 rings (SSSR count). The summed E-state index contributed by atoms with van der Waals surface area (Å²) in [6.07, 6.45) is 2.10. The highest BCUT2D eigenvalue weighted by Gasteiger charge is 2.13. The van der Waals surface area contributed by atoms with E-state index in [0.29, 0.717) is 12.0 Å². The number of nitrogens with zero attached hydrogens (tertiary/aromatic N) is 2. The van der Waals surface area contributed by atoms with Crippen molar-refractivity contribution in [2.75, 3.05) is 5.75 Å². The zero-order valence-electron chi connectivity index (χ0n) is 12.2. The fourth-order valence-electron chi connectivity index (χ4n) is 1.85. The minimum atomic E-state index is 0.484. The highest BCUT2D eigenvalue weighted by Crippen LogP contribution is 2.25. The van der Waals surface area contributed by atoms with Crippen molar-refractivity contribution in [3.8, 4) is 0 Å². The molecule has 0 aromatic carbocycles. The van der Waals surface area contributed by atoms with Gasteiger partial charge in [0, 0.05) is 24.5 Å². The molecule has 0 radical (unpaired) electrons. The molecule has 0 aliphatic heterocycles. The van der Waals surface area contributed by atoms with Crippen LogP contribution in [-0.2, 0) is 6.54 Å². The van der Waals surface area contributed by atoms with Crippen LogP contribution in [0, 0.1) is 5.92 Å². The molecule has 0 unspecified atom stereocenters. The number of hydrogen-bond acceptors (Lipinski definition) is 3. The first-order valence-corrected chi connectivity index (χ1v) is 7.88. The Balaban J connectivity index is 2.28. The first-order chi connectivity index (χ1) is 9.08. The number of fused-ring (bicyclic) bond motifs is 1. The molecule has 2 aromatic heterocycles. The van der Waals surface area contributed by atoms with E-state index in [2.05, 4.69) is 55.7 Å². The number of hydrogen-bond donors (Lipinski definition) is 1. The minimum absolute atomic E-state index is 0.484. The molecule has 104 valence electrons. The number of rotatable bonds is 6. The lowest BCUT2D eigenvalue weighted by molar-refractivity contribution is 0.574. The number of thioether (sulfide) groups is 1. The summed E-state index contributed by atoms with van der Waals surface area (Å²) in [5, 5.41) is 4.65. The van der Waals surface area contributed by atoms with Crippen LogP contribution in [0.15, 0.2) is 29.4 Å². The Morgan fingerprint density at radius 2 is 2.05 bits per heavy atom. The van der Waals surface area contributed by atoms with Crippen LogP contribution >= 0.6 is 11.8 Å². The molecule has 0 bridgehead atoms. The SMILES string of the molecule is CC(C)CSc1nc2ccccn2c1CNC(C)C. The number of aromatic nitrogens is 2. The predicted molar refractivity (Wildman–Crippen MR) is 82.7 cm³/mol. The summed E-state index contributed by atoms with van der Waals surface area (Å²) in [5.41, 5.74) is 2.31. The van der Waals surface area contributed by atoms with Gasteiger partial charge < -0.3 is 9.72 Å². The van der Waals surface area contributed by atoms with Crippen LogP contribution in [0.1, 0.15) is 33.4 Å². The molecular formula is C15H23N3S. The Morgan fingerprint density at radius 3 is 2.74 bits per heavy atom. The summed E-state index contributed by atoms with van der Waals surface area (Å²) in [6, 6.07) is 6.65. The van der Waals surface area contributed by atoms with Gasteiger partial charge in [0.1, 0.15) is 10.7 Å². The average molecular weight is 277 g/mol. The van der Waals surface area contributed by atoms with Gasteiger partial charge in [-0.05, 0) is 18.1 Å². The molecule has 1 N–H and O–H groups in total. The van der Waals surface area contributed by atoms with Crippen molar-refractivity contribution in [2.45, 2.75) is 45.3 Å². The Labute approximate surface area is 119 Å². The highest BCUT2D eigenvalue weighted by atomic mass is 32.2. The molecule has 2 aromatic rings. The van der Waals surface area contributed by atoms with Crippen LogP contribution in [0.25, 0.3) is 5.65 Å². The quantitative estimate of drug-likeness (QED) is 0.818. The smallest absolute Gasteiger partial charge is 0.138 e. The lowest BCUT2D eigenvalue weighted by atomic mass is 10.3. The molecule has 0 fully saturated rings. The third-order valence-electron chi connectivity index (χ3n) is 2.82. The van der Waals surface area contributed by atoms with E-state index < -0.39 is 0 Å². The summed E-state index contributed by atoms with van der Waals surface area (Å²) < 4.78 is 2.19. The van der Waals surface area contributed by atoms with E-state index in [0.717, 1.165) is 23.0 Å². The molecule has 0 spiro atoms. The van der Waals surface area contributed by atoms with Gasteiger partial charge >= 0.3 is 0 Å². The van der Waals surface area contributed by atoms with E-state index in [9.17, 15) is 0 Å². The van der Waals surface area contributed by atoms with Crippen molar-refractivity contribution in [2.24, 2.45) is 5.92 Å². The van der Waals surface area contributed by atoms with Gasteiger partial charge in [-0.15, -0.1) is 11.8 Å². The fourth-order valence-corrected chi connectivity index (χ4v) is 2.83. The maximum atomic E-state index is 4.75. The first-order valence-electron chi connectivity index (χ1n) is 6.90. The summed E-state index contributed by atoms with van der Waals surface area (Å²) in [4.78, 5) is 4.75. The van der Waals surface area contributed by atoms with E-state index in [4.69, 9.17) is 4.98 Å². The maximum Gasteiger partial charge on any atom is 0.138 e. The highest BCUT2D eigenvalue weighted by molar-refractivity contribution is 7.99. The molecule has 0 amide bonds. The Morgan fingerprint density at radius 1 is 1.26 bits per heavy atom. The molecule has 3 nitrogen and oxygen atoms in total. The molecule has 0 aliphatic carbocycles. The third-order valence-corrected chi connectivity index (χ3v) is 4.26. The second kappa shape index (κ2) is 6.44. The van der Waals surface area contributed by atoms with Crippen LogP contribution in [0.5, 0.6) is 0 Å². The van der Waals surface area contributed by atoms with Crippen LogP contribution in [-0.4, -0.2) is 21.2 Å². The summed E-state index contributed by atoms with van der Waals surface area (Å²) in [5.74, 6) is 1.79. The Kier molecular flexibility index (Phi) is 4.88. The summed E-state index contributed by atoms with van der Waals surface area (Å²) in [6.45, 7) is 9.70. The Bertz CT molecular complexity index is 531. The second-order valence-electron chi connectivity index (χ2n) is 5.53. The van der Waals surface area contributed by atoms with Gasteiger partial charge in [-0.3, -0.25) is 0 Å². The predicted octanol–water partition coefficient (Wildman–Crippen LogP) is 3.58. The normalized spacial score (nSPS) is 11.9. The topological polar surface area (TPSA) is 29.3 Å². The number of pyridine rings is 1. The molecule has 19 heavy (non-hydrogen) atoms. The molecule has 0 saturated carbocycles. The molecule has 2 heterocycles. The van der Waals surface area contributed by atoms with E-state index >= 15 is 0 Å². The van der Waals surface area contributed by atoms with E-state index in [1.54, 1.807) is 0 Å². The van der Waals surface area contributed by atoms with E-state index in [1.807, 2.05) is 17.8 Å². The Hall–Kier alpha value is -1.00. The lowest BCUT2D eigenvalue weighted by Gasteiger charge is -2.10. The summed E-state index contributed by atoms with van der Waals surface area (Å²) >= 11 is 1.86. The molecule has 4 heteroatoms. The molecular weight excluding hydrogens is 254 g/mol. The third kappa shape index (κ3) is 3.74. The largest absolute Gasteiger partial charge is 0.309 e. The van der Waals surface area contributed by atoms with Gasteiger partial charge in [-0.1, -0.05) is 33.8 Å². The van der Waals surface area contributed by atoms with Gasteiger partial charge in [0.15, 0.2) is 0 Å². The van der Waals surface area contributed by atoms with Crippen molar-refractivity contribution >= 4 is 17.4 Å². The van der Waals surface area contributed by atoms with Crippen LogP contribution in [0.4, 0.5) is 0 Å². The van der Waals surface area contributed by atoms with Gasteiger partial charge in [0.05, 0.1) is 5.69 Å². The van der Waals surface area contributed by atoms with Gasteiger partial charge in [-0.25, -0.2) is 4.98 Å². The lowest BCUT2D eigenvalue weighted by Crippen LogP contribution is -2.23. The van der Waals surface area contributed by atoms with Gasteiger partial charge in [-0.2, -0.15) is 0 Å². The van der Waals surface area contributed by atoms with Crippen LogP contribution in [0.2, 0.25) is 0 Å². The molecule has 0 atom stereocenters. The maximum absolute atomic E-state index is 4.75. The standard InChI is InChI=1S/C15H23N3S/c1-11(2)10-19-15-13(9-16-12(3)4)18-8-6-5-7-14(18)17-15/h5-8,11-12,16H,9-10H2,1-4H3. The first kappa shape index (κ1) is 14.4. The van der Waals surface area contributed by atoms with Crippen molar-refractivity contribution in [3.63, 3.8) is 0 Å². The van der Waals surface area contributed by atoms with Crippen molar-refractivity contribution in [1.29, 1.82) is 0 Å². The monoisotopic (exact) mass is 277 g/mol. The van der Waals surface area contributed by atoms with Crippen LogP contribution in [0.3, 0.4) is 0 Å². The minimum Gasteiger partial charge on any atom is -0.309 e. The molecule has 0 saturated heterocycles. The van der Waals surface area contributed by atoms with E-state index in [1.165, 1.54) is 5.69 Å². The van der Waals surface area contributed by atoms with Crippen molar-refractivity contribution < 1.29 is 0 Å². The summed E-state index contributed by atoms with van der Waals surface area (Å²) in [7, 11) is 0. The van der Waals surface area contributed by atoms with Crippen molar-refractivity contribution in [3.05, 3.63) is 30.1 Å².